The van der Waals surface area contributed by atoms with Crippen LogP contribution in [-0.2, 0) is 26.2 Å². The molecular formula is C22H27Cl2N3O4S. The molecule has 0 radical (unpaired) electrons. The highest BCUT2D eigenvalue weighted by molar-refractivity contribution is 7.92. The molecule has 1 unspecified atom stereocenters. The summed E-state index contributed by atoms with van der Waals surface area (Å²) in [5, 5.41) is 3.56. The first-order valence-electron chi connectivity index (χ1n) is 10.1. The monoisotopic (exact) mass is 499 g/mol. The van der Waals surface area contributed by atoms with E-state index >= 15 is 0 Å². The third-order valence-electron chi connectivity index (χ3n) is 4.80. The lowest BCUT2D eigenvalue weighted by molar-refractivity contribution is -0.139. The molecule has 2 aromatic carbocycles. The fourth-order valence-electron chi connectivity index (χ4n) is 3.02. The van der Waals surface area contributed by atoms with Gasteiger partial charge in [0.2, 0.25) is 21.8 Å². The number of carbonyl (C=O) groups is 2. The van der Waals surface area contributed by atoms with E-state index in [4.69, 9.17) is 23.2 Å². The summed E-state index contributed by atoms with van der Waals surface area (Å²) in [7, 11) is -3.75. The lowest BCUT2D eigenvalue weighted by Gasteiger charge is -2.31. The molecule has 2 rings (SSSR count). The molecule has 174 valence electrons. The predicted molar refractivity (Wildman–Crippen MR) is 128 cm³/mol. The SMILES string of the molecule is CCCNC(=O)C(C)N(Cc1ccc(Cl)cc1Cl)C(=O)CN(c1ccccc1)S(C)(=O)=O. The fraction of sp³-hybridized carbons (Fsp3) is 0.364. The van der Waals surface area contributed by atoms with Crippen LogP contribution in [0.25, 0.3) is 0 Å². The van der Waals surface area contributed by atoms with Gasteiger partial charge in [0.1, 0.15) is 12.6 Å². The minimum atomic E-state index is -3.75. The number of rotatable bonds is 10. The molecule has 0 aliphatic heterocycles. The van der Waals surface area contributed by atoms with Crippen LogP contribution in [0.5, 0.6) is 0 Å². The Hall–Kier alpha value is -2.29. The van der Waals surface area contributed by atoms with Crippen LogP contribution in [0.15, 0.2) is 48.5 Å². The zero-order valence-electron chi connectivity index (χ0n) is 18.2. The van der Waals surface area contributed by atoms with Crippen molar-refractivity contribution in [1.29, 1.82) is 0 Å². The van der Waals surface area contributed by atoms with Gasteiger partial charge in [-0.3, -0.25) is 13.9 Å². The summed E-state index contributed by atoms with van der Waals surface area (Å²) >= 11 is 12.3. The Morgan fingerprint density at radius 2 is 1.75 bits per heavy atom. The first-order valence-corrected chi connectivity index (χ1v) is 12.7. The number of nitrogens with zero attached hydrogens (tertiary/aromatic N) is 2. The topological polar surface area (TPSA) is 86.8 Å². The molecule has 2 amide bonds. The van der Waals surface area contributed by atoms with Crippen molar-refractivity contribution in [3.8, 4) is 0 Å². The van der Waals surface area contributed by atoms with Crippen LogP contribution in [0.3, 0.4) is 0 Å². The van der Waals surface area contributed by atoms with Gasteiger partial charge in [0.15, 0.2) is 0 Å². The molecule has 0 bridgehead atoms. The highest BCUT2D eigenvalue weighted by Crippen LogP contribution is 2.24. The van der Waals surface area contributed by atoms with E-state index in [1.807, 2.05) is 6.92 Å². The van der Waals surface area contributed by atoms with E-state index < -0.39 is 28.5 Å². The van der Waals surface area contributed by atoms with Gasteiger partial charge in [-0.15, -0.1) is 0 Å². The third kappa shape index (κ3) is 7.12. The Balaban J connectivity index is 2.38. The molecule has 0 aliphatic carbocycles. The van der Waals surface area contributed by atoms with Crippen LogP contribution in [0, 0.1) is 0 Å². The Labute approximate surface area is 199 Å². The van der Waals surface area contributed by atoms with Gasteiger partial charge < -0.3 is 10.2 Å². The van der Waals surface area contributed by atoms with Crippen LogP contribution in [0.4, 0.5) is 5.69 Å². The maximum Gasteiger partial charge on any atom is 0.244 e. The number of benzene rings is 2. The smallest absolute Gasteiger partial charge is 0.244 e. The average molecular weight is 500 g/mol. The number of nitrogens with one attached hydrogen (secondary N) is 1. The third-order valence-corrected chi connectivity index (χ3v) is 6.52. The first kappa shape index (κ1) is 26.0. The molecule has 0 fully saturated rings. The first-order chi connectivity index (χ1) is 15.0. The maximum atomic E-state index is 13.3. The fourth-order valence-corrected chi connectivity index (χ4v) is 4.34. The zero-order valence-corrected chi connectivity index (χ0v) is 20.5. The van der Waals surface area contributed by atoms with Gasteiger partial charge in [-0.25, -0.2) is 8.42 Å². The van der Waals surface area contributed by atoms with Crippen molar-refractivity contribution in [2.24, 2.45) is 0 Å². The highest BCUT2D eigenvalue weighted by Gasteiger charge is 2.30. The van der Waals surface area contributed by atoms with Crippen LogP contribution in [0.2, 0.25) is 10.0 Å². The van der Waals surface area contributed by atoms with Gasteiger partial charge in [-0.1, -0.05) is 54.4 Å². The van der Waals surface area contributed by atoms with Gasteiger partial charge >= 0.3 is 0 Å². The van der Waals surface area contributed by atoms with Gasteiger partial charge in [-0.05, 0) is 43.2 Å². The predicted octanol–water partition coefficient (Wildman–Crippen LogP) is 3.70. The van der Waals surface area contributed by atoms with Gasteiger partial charge in [0.25, 0.3) is 0 Å². The lowest BCUT2D eigenvalue weighted by Crippen LogP contribution is -2.51. The van der Waals surface area contributed by atoms with E-state index in [1.54, 1.807) is 55.5 Å². The van der Waals surface area contributed by atoms with Crippen LogP contribution in [0.1, 0.15) is 25.8 Å². The van der Waals surface area contributed by atoms with Gasteiger partial charge in [0, 0.05) is 23.1 Å². The molecule has 1 N–H and O–H groups in total. The Kier molecular flexibility index (Phi) is 9.36. The summed E-state index contributed by atoms with van der Waals surface area (Å²) in [6.45, 7) is 3.54. The Morgan fingerprint density at radius 3 is 2.31 bits per heavy atom. The minimum Gasteiger partial charge on any atom is -0.354 e. The van der Waals surface area contributed by atoms with Crippen molar-refractivity contribution in [3.63, 3.8) is 0 Å². The number of sulfonamides is 1. The molecule has 0 aromatic heterocycles. The second-order valence-corrected chi connectivity index (χ2v) is 10.1. The highest BCUT2D eigenvalue weighted by atomic mass is 35.5. The summed E-state index contributed by atoms with van der Waals surface area (Å²) in [6.07, 6.45) is 1.77. The maximum absolute atomic E-state index is 13.3. The molecule has 0 spiro atoms. The van der Waals surface area contributed by atoms with E-state index in [0.717, 1.165) is 17.0 Å². The largest absolute Gasteiger partial charge is 0.354 e. The van der Waals surface area contributed by atoms with Crippen LogP contribution < -0.4 is 9.62 Å². The van der Waals surface area contributed by atoms with Crippen molar-refractivity contribution in [2.45, 2.75) is 32.9 Å². The normalized spacial score (nSPS) is 12.2. The molecule has 0 saturated carbocycles. The van der Waals surface area contributed by atoms with Crippen molar-refractivity contribution in [1.82, 2.24) is 10.2 Å². The molecule has 7 nitrogen and oxygen atoms in total. The van der Waals surface area contributed by atoms with E-state index in [2.05, 4.69) is 5.32 Å². The number of para-hydroxylation sites is 1. The molecule has 32 heavy (non-hydrogen) atoms. The van der Waals surface area contributed by atoms with Crippen LogP contribution >= 0.6 is 23.2 Å². The second kappa shape index (κ2) is 11.5. The zero-order chi connectivity index (χ0) is 23.9. The Bertz CT molecular complexity index is 1050. The number of hydrogen-bond donors (Lipinski definition) is 1. The molecule has 2 aromatic rings. The quantitative estimate of drug-likeness (QED) is 0.539. The molecule has 0 heterocycles. The van der Waals surface area contributed by atoms with Gasteiger partial charge in [0.05, 0.1) is 11.9 Å². The molecule has 0 saturated heterocycles. The minimum absolute atomic E-state index is 0.0158. The second-order valence-electron chi connectivity index (χ2n) is 7.33. The molecule has 0 aliphatic rings. The van der Waals surface area contributed by atoms with Crippen molar-refractivity contribution in [2.75, 3.05) is 23.7 Å². The van der Waals surface area contributed by atoms with E-state index in [9.17, 15) is 18.0 Å². The van der Waals surface area contributed by atoms with E-state index in [-0.39, 0.29) is 12.5 Å². The summed E-state index contributed by atoms with van der Waals surface area (Å²) in [4.78, 5) is 27.3. The molecule has 10 heteroatoms. The average Bonchev–Trinajstić information content (AvgIpc) is 2.74. The lowest BCUT2D eigenvalue weighted by atomic mass is 10.1. The Morgan fingerprint density at radius 1 is 1.09 bits per heavy atom. The summed E-state index contributed by atoms with van der Waals surface area (Å²) in [5.41, 5.74) is 0.945. The molecule has 1 atom stereocenters. The van der Waals surface area contributed by atoms with Crippen molar-refractivity contribution in [3.05, 3.63) is 64.1 Å². The number of anilines is 1. The van der Waals surface area contributed by atoms with Crippen molar-refractivity contribution >= 4 is 50.7 Å². The van der Waals surface area contributed by atoms with E-state index in [1.165, 1.54) is 4.90 Å². The molecular weight excluding hydrogens is 473 g/mol. The summed E-state index contributed by atoms with van der Waals surface area (Å²) in [6, 6.07) is 12.3. The summed E-state index contributed by atoms with van der Waals surface area (Å²) < 4.78 is 25.9. The number of halogens is 2. The number of carbonyl (C=O) groups excluding carboxylic acids is 2. The van der Waals surface area contributed by atoms with Gasteiger partial charge in [-0.2, -0.15) is 0 Å². The summed E-state index contributed by atoms with van der Waals surface area (Å²) in [5.74, 6) is -0.875. The number of amides is 2. The standard InChI is InChI=1S/C22H27Cl2N3O4S/c1-4-12-25-22(29)16(2)26(14-17-10-11-18(23)13-20(17)24)21(28)15-27(32(3,30)31)19-8-6-5-7-9-19/h5-11,13,16H,4,12,14-15H2,1-3H3,(H,25,29). The number of hydrogen-bond acceptors (Lipinski definition) is 4. The van der Waals surface area contributed by atoms with Crippen molar-refractivity contribution < 1.29 is 18.0 Å². The van der Waals surface area contributed by atoms with Crippen LogP contribution in [-0.4, -0.2) is 50.5 Å². The van der Waals surface area contributed by atoms with E-state index in [0.29, 0.717) is 27.8 Å².